The summed E-state index contributed by atoms with van der Waals surface area (Å²) < 4.78 is 25.9. The van der Waals surface area contributed by atoms with E-state index in [1.165, 1.54) is 90.1 Å². The summed E-state index contributed by atoms with van der Waals surface area (Å²) in [7, 11) is -3.67. The second kappa shape index (κ2) is 14.2. The van der Waals surface area contributed by atoms with Gasteiger partial charge in [-0.3, -0.25) is 4.55 Å². The Labute approximate surface area is 144 Å². The van der Waals surface area contributed by atoms with E-state index in [2.05, 4.69) is 18.7 Å². The third-order valence-corrected chi connectivity index (χ3v) is 4.44. The smallest absolute Gasteiger partial charge is 0.261 e. The molecule has 0 aromatic carbocycles. The van der Waals surface area contributed by atoms with E-state index in [9.17, 15) is 8.42 Å². The summed E-state index contributed by atoms with van der Waals surface area (Å²) in [6, 6.07) is 0.925. The van der Waals surface area contributed by atoms with Gasteiger partial charge in [0, 0.05) is 6.04 Å². The first-order valence-electron chi connectivity index (χ1n) is 9.55. The molecular formula is C18H39NO3S. The molecule has 1 fully saturated rings. The average Bonchev–Trinajstić information content (AvgIpc) is 2.48. The van der Waals surface area contributed by atoms with Crippen molar-refractivity contribution in [3.63, 3.8) is 0 Å². The van der Waals surface area contributed by atoms with Crippen LogP contribution in [0.5, 0.6) is 0 Å². The fraction of sp³-hybridized carbons (Fsp3) is 1.00. The van der Waals surface area contributed by atoms with Crippen molar-refractivity contribution in [1.82, 2.24) is 4.90 Å². The lowest BCUT2D eigenvalue weighted by molar-refractivity contribution is 0.135. The Balaban J connectivity index is 0.000000841. The number of hydrogen-bond acceptors (Lipinski definition) is 3. The second-order valence-electron chi connectivity index (χ2n) is 6.83. The molecule has 1 aliphatic rings. The van der Waals surface area contributed by atoms with Crippen LogP contribution in [0.2, 0.25) is 0 Å². The van der Waals surface area contributed by atoms with Gasteiger partial charge in [-0.2, -0.15) is 8.42 Å². The first-order valence-corrected chi connectivity index (χ1v) is 11.4. The minimum absolute atomic E-state index is 0.715. The molecule has 23 heavy (non-hydrogen) atoms. The second-order valence-corrected chi connectivity index (χ2v) is 8.29. The van der Waals surface area contributed by atoms with E-state index in [0.717, 1.165) is 6.04 Å². The third kappa shape index (κ3) is 16.5. The van der Waals surface area contributed by atoms with Crippen LogP contribution in [0.15, 0.2) is 0 Å². The number of rotatable bonds is 10. The summed E-state index contributed by atoms with van der Waals surface area (Å²) in [6.07, 6.45) is 17.9. The fourth-order valence-corrected chi connectivity index (χ4v) is 3.22. The molecular weight excluding hydrogens is 310 g/mol. The maximum absolute atomic E-state index is 9.19. The Morgan fingerprint density at radius 3 is 2.13 bits per heavy atom. The van der Waals surface area contributed by atoms with Crippen LogP contribution in [0, 0.1) is 0 Å². The molecule has 1 rings (SSSR count). The van der Waals surface area contributed by atoms with Crippen LogP contribution < -0.4 is 0 Å². The van der Waals surface area contributed by atoms with Gasteiger partial charge in [0.05, 0.1) is 6.26 Å². The van der Waals surface area contributed by atoms with Crippen molar-refractivity contribution in [2.24, 2.45) is 0 Å². The predicted molar refractivity (Wildman–Crippen MR) is 99.6 cm³/mol. The van der Waals surface area contributed by atoms with E-state index < -0.39 is 10.1 Å². The van der Waals surface area contributed by atoms with E-state index in [4.69, 9.17) is 4.55 Å². The predicted octanol–water partition coefficient (Wildman–Crippen LogP) is 4.90. The molecule has 0 bridgehead atoms. The van der Waals surface area contributed by atoms with E-state index >= 15 is 0 Å². The minimum Gasteiger partial charge on any atom is -0.300 e. The molecule has 1 atom stereocenters. The Bertz CT molecular complexity index is 349. The van der Waals surface area contributed by atoms with Gasteiger partial charge in [-0.15, -0.1) is 0 Å². The largest absolute Gasteiger partial charge is 0.300 e. The lowest BCUT2D eigenvalue weighted by Gasteiger charge is -2.36. The zero-order valence-corrected chi connectivity index (χ0v) is 16.4. The maximum atomic E-state index is 9.19. The Morgan fingerprint density at radius 2 is 1.52 bits per heavy atom. The Morgan fingerprint density at radius 1 is 0.957 bits per heavy atom. The van der Waals surface area contributed by atoms with E-state index in [-0.39, 0.29) is 0 Å². The molecule has 0 saturated carbocycles. The molecule has 1 saturated heterocycles. The highest BCUT2D eigenvalue weighted by Crippen LogP contribution is 2.22. The molecule has 0 spiro atoms. The molecule has 5 heteroatoms. The van der Waals surface area contributed by atoms with Gasteiger partial charge >= 0.3 is 0 Å². The van der Waals surface area contributed by atoms with Gasteiger partial charge in [0.25, 0.3) is 10.1 Å². The summed E-state index contributed by atoms with van der Waals surface area (Å²) in [6.45, 7) is 7.37. The normalized spacial score (nSPS) is 19.2. The molecule has 1 unspecified atom stereocenters. The first-order chi connectivity index (χ1) is 10.9. The van der Waals surface area contributed by atoms with Crippen LogP contribution in [0.1, 0.15) is 90.9 Å². The average molecular weight is 350 g/mol. The monoisotopic (exact) mass is 349 g/mol. The van der Waals surface area contributed by atoms with Crippen molar-refractivity contribution in [2.75, 3.05) is 19.3 Å². The topological polar surface area (TPSA) is 57.6 Å². The zero-order valence-electron chi connectivity index (χ0n) is 15.6. The lowest BCUT2D eigenvalue weighted by atomic mass is 9.97. The molecule has 0 aromatic heterocycles. The molecule has 0 aliphatic carbocycles. The highest BCUT2D eigenvalue weighted by Gasteiger charge is 2.20. The summed E-state index contributed by atoms with van der Waals surface area (Å²) in [4.78, 5) is 2.80. The number of hydrogen-bond donors (Lipinski definition) is 1. The van der Waals surface area contributed by atoms with Crippen molar-refractivity contribution >= 4 is 10.1 Å². The van der Waals surface area contributed by atoms with Crippen LogP contribution in [-0.2, 0) is 10.1 Å². The van der Waals surface area contributed by atoms with Crippen molar-refractivity contribution in [3.8, 4) is 0 Å². The summed E-state index contributed by atoms with van der Waals surface area (Å²) in [5, 5.41) is 0. The molecule has 1 N–H and O–H groups in total. The molecule has 140 valence electrons. The molecule has 0 amide bonds. The van der Waals surface area contributed by atoms with E-state index in [1.54, 1.807) is 0 Å². The van der Waals surface area contributed by atoms with Gasteiger partial charge < -0.3 is 4.90 Å². The Hall–Kier alpha value is -0.130. The summed E-state index contributed by atoms with van der Waals surface area (Å²) in [5.74, 6) is 0. The van der Waals surface area contributed by atoms with E-state index in [1.807, 2.05) is 0 Å². The van der Waals surface area contributed by atoms with Gasteiger partial charge in [0.1, 0.15) is 0 Å². The highest BCUT2D eigenvalue weighted by molar-refractivity contribution is 7.85. The molecule has 4 nitrogen and oxygen atoms in total. The maximum Gasteiger partial charge on any atom is 0.261 e. The van der Waals surface area contributed by atoms with Crippen LogP contribution in [0.25, 0.3) is 0 Å². The third-order valence-electron chi connectivity index (χ3n) is 4.44. The quantitative estimate of drug-likeness (QED) is 0.450. The molecule has 1 aliphatic heterocycles. The first kappa shape index (κ1) is 22.9. The minimum atomic E-state index is -3.67. The number of unbranched alkanes of at least 4 members (excludes halogenated alkanes) is 6. The molecule has 0 aromatic rings. The van der Waals surface area contributed by atoms with Gasteiger partial charge in [0.15, 0.2) is 0 Å². The SMILES string of the molecule is CCCCCCCCN1CCCCC1CCCC.CS(=O)(=O)O. The number of likely N-dealkylation sites (tertiary alicyclic amines) is 1. The van der Waals surface area contributed by atoms with Gasteiger partial charge in [-0.1, -0.05) is 65.2 Å². The van der Waals surface area contributed by atoms with Crippen molar-refractivity contribution in [2.45, 2.75) is 96.9 Å². The van der Waals surface area contributed by atoms with Crippen LogP contribution >= 0.6 is 0 Å². The van der Waals surface area contributed by atoms with Crippen LogP contribution in [0.3, 0.4) is 0 Å². The zero-order chi connectivity index (χ0) is 17.6. The summed E-state index contributed by atoms with van der Waals surface area (Å²) in [5.41, 5.74) is 0. The van der Waals surface area contributed by atoms with E-state index in [0.29, 0.717) is 6.26 Å². The molecule has 0 radical (unpaired) electrons. The highest BCUT2D eigenvalue weighted by atomic mass is 32.2. The fourth-order valence-electron chi connectivity index (χ4n) is 3.22. The van der Waals surface area contributed by atoms with Crippen molar-refractivity contribution in [1.29, 1.82) is 0 Å². The van der Waals surface area contributed by atoms with Crippen LogP contribution in [-0.4, -0.2) is 43.3 Å². The molecule has 1 heterocycles. The number of piperidine rings is 1. The Kier molecular flexibility index (Phi) is 14.2. The van der Waals surface area contributed by atoms with Crippen molar-refractivity contribution in [3.05, 3.63) is 0 Å². The van der Waals surface area contributed by atoms with Crippen LogP contribution in [0.4, 0.5) is 0 Å². The van der Waals surface area contributed by atoms with Crippen molar-refractivity contribution < 1.29 is 13.0 Å². The number of nitrogens with zero attached hydrogens (tertiary/aromatic N) is 1. The van der Waals surface area contributed by atoms with Gasteiger partial charge in [-0.05, 0) is 38.8 Å². The van der Waals surface area contributed by atoms with Gasteiger partial charge in [0.2, 0.25) is 0 Å². The lowest BCUT2D eigenvalue weighted by Crippen LogP contribution is -2.40. The van der Waals surface area contributed by atoms with Gasteiger partial charge in [-0.25, -0.2) is 0 Å². The standard InChI is InChI=1S/C17H35N.CH4O3S/c1-3-5-7-8-9-11-15-18-16-12-10-14-17(18)13-6-4-2;1-5(2,3)4/h17H,3-16H2,1-2H3;1H3,(H,2,3,4). The summed E-state index contributed by atoms with van der Waals surface area (Å²) >= 11 is 0.